The quantitative estimate of drug-likeness (QED) is 0.872. The van der Waals surface area contributed by atoms with E-state index in [9.17, 15) is 8.78 Å². The molecule has 4 heteroatoms. The second kappa shape index (κ2) is 7.18. The van der Waals surface area contributed by atoms with Gasteiger partial charge in [-0.25, -0.2) is 8.78 Å². The fourth-order valence-corrected chi connectivity index (χ4v) is 2.33. The highest BCUT2D eigenvalue weighted by atomic mass is 19.1. The third-order valence-electron chi connectivity index (χ3n) is 3.34. The molecule has 0 aliphatic rings. The van der Waals surface area contributed by atoms with Crippen molar-refractivity contribution in [1.82, 2.24) is 5.32 Å². The van der Waals surface area contributed by atoms with Gasteiger partial charge in [0.15, 0.2) is 0 Å². The molecule has 0 aromatic heterocycles. The molecule has 0 spiro atoms. The van der Waals surface area contributed by atoms with E-state index in [1.165, 1.54) is 12.1 Å². The van der Waals surface area contributed by atoms with Crippen molar-refractivity contribution in [1.29, 1.82) is 0 Å². The van der Waals surface area contributed by atoms with E-state index in [1.807, 2.05) is 31.2 Å². The number of benzene rings is 2. The molecule has 0 fully saturated rings. The minimum atomic E-state index is -0.553. The van der Waals surface area contributed by atoms with Crippen molar-refractivity contribution >= 4 is 0 Å². The van der Waals surface area contributed by atoms with Crippen LogP contribution in [0.25, 0.3) is 0 Å². The van der Waals surface area contributed by atoms with Gasteiger partial charge < -0.3 is 10.1 Å². The summed E-state index contributed by atoms with van der Waals surface area (Å²) in [5.41, 5.74) is 1.69. The minimum Gasteiger partial charge on any atom is -0.497 e. The van der Waals surface area contributed by atoms with Crippen LogP contribution in [0.15, 0.2) is 42.5 Å². The number of nitrogens with one attached hydrogen (secondary N) is 1. The van der Waals surface area contributed by atoms with Crippen molar-refractivity contribution < 1.29 is 13.5 Å². The first-order valence-electron chi connectivity index (χ1n) is 6.94. The SMILES string of the molecule is CCNC(Cc1ccc(OC)cc1)c1cc(F)cc(F)c1. The molecule has 112 valence electrons. The largest absolute Gasteiger partial charge is 0.497 e. The van der Waals surface area contributed by atoms with Gasteiger partial charge in [0, 0.05) is 12.1 Å². The number of halogens is 2. The van der Waals surface area contributed by atoms with E-state index in [0.717, 1.165) is 23.9 Å². The molecule has 2 aromatic carbocycles. The van der Waals surface area contributed by atoms with Crippen LogP contribution in [-0.2, 0) is 6.42 Å². The van der Waals surface area contributed by atoms with Crippen LogP contribution in [-0.4, -0.2) is 13.7 Å². The highest BCUT2D eigenvalue weighted by molar-refractivity contribution is 5.30. The summed E-state index contributed by atoms with van der Waals surface area (Å²) in [7, 11) is 1.62. The Kier molecular flexibility index (Phi) is 5.28. The fourth-order valence-electron chi connectivity index (χ4n) is 2.33. The van der Waals surface area contributed by atoms with Gasteiger partial charge in [-0.3, -0.25) is 0 Å². The van der Waals surface area contributed by atoms with Gasteiger partial charge in [-0.1, -0.05) is 19.1 Å². The summed E-state index contributed by atoms with van der Waals surface area (Å²) in [5, 5.41) is 3.27. The molecule has 2 rings (SSSR count). The molecular formula is C17H19F2NO. The van der Waals surface area contributed by atoms with Crippen molar-refractivity contribution in [2.75, 3.05) is 13.7 Å². The molecule has 21 heavy (non-hydrogen) atoms. The monoisotopic (exact) mass is 291 g/mol. The molecule has 0 saturated carbocycles. The third kappa shape index (κ3) is 4.26. The maximum Gasteiger partial charge on any atom is 0.126 e. The Morgan fingerprint density at radius 2 is 1.67 bits per heavy atom. The van der Waals surface area contributed by atoms with E-state index in [0.29, 0.717) is 12.0 Å². The number of likely N-dealkylation sites (N-methyl/N-ethyl adjacent to an activating group) is 1. The van der Waals surface area contributed by atoms with Gasteiger partial charge in [0.1, 0.15) is 17.4 Å². The second-order valence-corrected chi connectivity index (χ2v) is 4.87. The Morgan fingerprint density at radius 1 is 1.05 bits per heavy atom. The molecule has 1 unspecified atom stereocenters. The Hall–Kier alpha value is -1.94. The predicted molar refractivity (Wildman–Crippen MR) is 79.5 cm³/mol. The molecule has 0 amide bonds. The first kappa shape index (κ1) is 15.4. The lowest BCUT2D eigenvalue weighted by Gasteiger charge is -2.19. The normalized spacial score (nSPS) is 12.2. The molecule has 0 radical (unpaired) electrons. The second-order valence-electron chi connectivity index (χ2n) is 4.87. The van der Waals surface area contributed by atoms with Crippen LogP contribution >= 0.6 is 0 Å². The van der Waals surface area contributed by atoms with E-state index in [1.54, 1.807) is 7.11 Å². The van der Waals surface area contributed by atoms with Crippen LogP contribution in [0.1, 0.15) is 24.1 Å². The fraction of sp³-hybridized carbons (Fsp3) is 0.294. The van der Waals surface area contributed by atoms with Crippen molar-refractivity contribution in [3.8, 4) is 5.75 Å². The highest BCUT2D eigenvalue weighted by Crippen LogP contribution is 2.22. The average molecular weight is 291 g/mol. The van der Waals surface area contributed by atoms with Crippen molar-refractivity contribution in [3.05, 3.63) is 65.2 Å². The first-order chi connectivity index (χ1) is 10.1. The first-order valence-corrected chi connectivity index (χ1v) is 6.94. The van der Waals surface area contributed by atoms with Crippen LogP contribution in [0.3, 0.4) is 0 Å². The van der Waals surface area contributed by atoms with E-state index >= 15 is 0 Å². The standard InChI is InChI=1S/C17H19F2NO/c1-3-20-17(13-9-14(18)11-15(19)10-13)8-12-4-6-16(21-2)7-5-12/h4-7,9-11,17,20H,3,8H2,1-2H3. The summed E-state index contributed by atoms with van der Waals surface area (Å²) in [5.74, 6) is -0.319. The molecule has 0 saturated heterocycles. The zero-order chi connectivity index (χ0) is 15.2. The van der Waals surface area contributed by atoms with Crippen LogP contribution in [0.2, 0.25) is 0 Å². The van der Waals surface area contributed by atoms with E-state index < -0.39 is 11.6 Å². The predicted octanol–water partition coefficient (Wildman–Crippen LogP) is 3.87. The average Bonchev–Trinajstić information content (AvgIpc) is 2.46. The van der Waals surface area contributed by atoms with Crippen LogP contribution in [0, 0.1) is 11.6 Å². The number of hydrogen-bond acceptors (Lipinski definition) is 2. The molecule has 0 aliphatic carbocycles. The van der Waals surface area contributed by atoms with E-state index in [4.69, 9.17) is 4.74 Å². The van der Waals surface area contributed by atoms with Gasteiger partial charge in [-0.2, -0.15) is 0 Å². The van der Waals surface area contributed by atoms with Gasteiger partial charge in [-0.05, 0) is 48.4 Å². The smallest absolute Gasteiger partial charge is 0.126 e. The lowest BCUT2D eigenvalue weighted by molar-refractivity contribution is 0.414. The molecule has 2 aromatic rings. The topological polar surface area (TPSA) is 21.3 Å². The molecule has 1 atom stereocenters. The zero-order valence-electron chi connectivity index (χ0n) is 12.2. The summed E-state index contributed by atoms with van der Waals surface area (Å²) >= 11 is 0. The van der Waals surface area contributed by atoms with Crippen molar-refractivity contribution in [2.24, 2.45) is 0 Å². The molecule has 2 nitrogen and oxygen atoms in total. The van der Waals surface area contributed by atoms with E-state index in [-0.39, 0.29) is 6.04 Å². The van der Waals surface area contributed by atoms with Crippen molar-refractivity contribution in [2.45, 2.75) is 19.4 Å². The summed E-state index contributed by atoms with van der Waals surface area (Å²) < 4.78 is 31.9. The van der Waals surface area contributed by atoms with Crippen molar-refractivity contribution in [3.63, 3.8) is 0 Å². The maximum atomic E-state index is 13.4. The highest BCUT2D eigenvalue weighted by Gasteiger charge is 2.13. The number of hydrogen-bond donors (Lipinski definition) is 1. The molecule has 0 heterocycles. The molecular weight excluding hydrogens is 272 g/mol. The van der Waals surface area contributed by atoms with Gasteiger partial charge >= 0.3 is 0 Å². The van der Waals surface area contributed by atoms with Gasteiger partial charge in [0.25, 0.3) is 0 Å². The van der Waals surface area contributed by atoms with Crippen LogP contribution in [0.5, 0.6) is 5.75 Å². The zero-order valence-corrected chi connectivity index (χ0v) is 12.2. The third-order valence-corrected chi connectivity index (χ3v) is 3.34. The van der Waals surface area contributed by atoms with Crippen LogP contribution < -0.4 is 10.1 Å². The summed E-state index contributed by atoms with van der Waals surface area (Å²) in [6.07, 6.45) is 0.653. The summed E-state index contributed by atoms with van der Waals surface area (Å²) in [6, 6.07) is 11.2. The summed E-state index contributed by atoms with van der Waals surface area (Å²) in [6.45, 7) is 2.69. The Balaban J connectivity index is 2.21. The number of ether oxygens (including phenoxy) is 1. The lowest BCUT2D eigenvalue weighted by Crippen LogP contribution is -2.23. The minimum absolute atomic E-state index is 0.131. The number of rotatable bonds is 6. The molecule has 0 aliphatic heterocycles. The molecule has 1 N–H and O–H groups in total. The van der Waals surface area contributed by atoms with Gasteiger partial charge in [0.2, 0.25) is 0 Å². The Morgan fingerprint density at radius 3 is 2.19 bits per heavy atom. The van der Waals surface area contributed by atoms with E-state index in [2.05, 4.69) is 5.32 Å². The summed E-state index contributed by atoms with van der Waals surface area (Å²) in [4.78, 5) is 0. The maximum absolute atomic E-state index is 13.4. The van der Waals surface area contributed by atoms with Gasteiger partial charge in [0.05, 0.1) is 7.11 Å². The molecule has 0 bridgehead atoms. The lowest BCUT2D eigenvalue weighted by atomic mass is 9.98. The van der Waals surface area contributed by atoms with Crippen LogP contribution in [0.4, 0.5) is 8.78 Å². The Labute approximate surface area is 123 Å². The van der Waals surface area contributed by atoms with Gasteiger partial charge in [-0.15, -0.1) is 0 Å². The Bertz CT molecular complexity index is 564. The number of methoxy groups -OCH3 is 1.